The Balaban J connectivity index is 1.66. The van der Waals surface area contributed by atoms with E-state index in [0.29, 0.717) is 6.10 Å². The molecule has 2 aliphatic rings. The van der Waals surface area contributed by atoms with E-state index >= 15 is 0 Å². The molecule has 2 unspecified atom stereocenters. The predicted octanol–water partition coefficient (Wildman–Crippen LogP) is 2.70. The lowest BCUT2D eigenvalue weighted by Crippen LogP contribution is -2.38. The Morgan fingerprint density at radius 3 is 3.05 bits per heavy atom. The van der Waals surface area contributed by atoms with E-state index in [-0.39, 0.29) is 5.41 Å². The molecule has 20 heavy (non-hydrogen) atoms. The molecule has 2 aliphatic heterocycles. The molecule has 0 aromatic heterocycles. The van der Waals surface area contributed by atoms with E-state index in [1.54, 1.807) is 0 Å². The predicted molar refractivity (Wildman–Crippen MR) is 80.3 cm³/mol. The Hall–Kier alpha value is -1.06. The van der Waals surface area contributed by atoms with Gasteiger partial charge in [-0.3, -0.25) is 0 Å². The minimum Gasteiger partial charge on any atom is -0.490 e. The number of nitrogens with one attached hydrogen (secondary N) is 1. The van der Waals surface area contributed by atoms with E-state index in [1.807, 2.05) is 0 Å². The minimum absolute atomic E-state index is 0.262. The number of benzene rings is 1. The first-order valence-corrected chi connectivity index (χ1v) is 7.75. The van der Waals surface area contributed by atoms with Gasteiger partial charge < -0.3 is 14.8 Å². The molecule has 2 atom stereocenters. The standard InChI is InChI=1S/C17H25NO2/c1-3-18-11-17(6-7-19-12-17)10-15-9-14-8-13(2)4-5-16(14)20-15/h4-5,8,15,18H,3,6-7,9-12H2,1-2H3. The van der Waals surface area contributed by atoms with Crippen molar-refractivity contribution in [3.63, 3.8) is 0 Å². The van der Waals surface area contributed by atoms with Crippen LogP contribution >= 0.6 is 0 Å². The van der Waals surface area contributed by atoms with Gasteiger partial charge in [0.2, 0.25) is 0 Å². The molecule has 0 amide bonds. The molecule has 1 aromatic carbocycles. The summed E-state index contributed by atoms with van der Waals surface area (Å²) in [6.45, 7) is 8.13. The Bertz CT molecular complexity index is 466. The number of ether oxygens (including phenoxy) is 2. The smallest absolute Gasteiger partial charge is 0.123 e. The average Bonchev–Trinajstić information content (AvgIpc) is 3.03. The van der Waals surface area contributed by atoms with Gasteiger partial charge in [-0.1, -0.05) is 24.6 Å². The maximum absolute atomic E-state index is 6.15. The number of fused-ring (bicyclic) bond motifs is 1. The summed E-state index contributed by atoms with van der Waals surface area (Å²) in [5.74, 6) is 1.08. The highest BCUT2D eigenvalue weighted by Gasteiger charge is 2.39. The summed E-state index contributed by atoms with van der Waals surface area (Å²) in [7, 11) is 0. The van der Waals surface area contributed by atoms with Crippen molar-refractivity contribution in [1.82, 2.24) is 5.32 Å². The van der Waals surface area contributed by atoms with Gasteiger partial charge in [-0.2, -0.15) is 0 Å². The van der Waals surface area contributed by atoms with Gasteiger partial charge in [-0.25, -0.2) is 0 Å². The maximum Gasteiger partial charge on any atom is 0.123 e. The van der Waals surface area contributed by atoms with Crippen molar-refractivity contribution < 1.29 is 9.47 Å². The van der Waals surface area contributed by atoms with E-state index < -0.39 is 0 Å². The molecule has 3 heteroatoms. The Morgan fingerprint density at radius 2 is 2.30 bits per heavy atom. The number of hydrogen-bond acceptors (Lipinski definition) is 3. The van der Waals surface area contributed by atoms with Gasteiger partial charge >= 0.3 is 0 Å². The lowest BCUT2D eigenvalue weighted by molar-refractivity contribution is 0.102. The largest absolute Gasteiger partial charge is 0.490 e. The lowest BCUT2D eigenvalue weighted by atomic mass is 9.80. The summed E-state index contributed by atoms with van der Waals surface area (Å²) in [4.78, 5) is 0. The Labute approximate surface area is 121 Å². The molecule has 110 valence electrons. The van der Waals surface area contributed by atoms with Gasteiger partial charge in [0.1, 0.15) is 11.9 Å². The monoisotopic (exact) mass is 275 g/mol. The highest BCUT2D eigenvalue weighted by molar-refractivity contribution is 5.40. The number of aryl methyl sites for hydroxylation is 1. The van der Waals surface area contributed by atoms with Crippen molar-refractivity contribution in [1.29, 1.82) is 0 Å². The fraction of sp³-hybridized carbons (Fsp3) is 0.647. The van der Waals surface area contributed by atoms with Crippen molar-refractivity contribution in [2.45, 2.75) is 39.2 Å². The second-order valence-corrected chi connectivity index (χ2v) is 6.34. The zero-order valence-corrected chi connectivity index (χ0v) is 12.6. The van der Waals surface area contributed by atoms with Crippen LogP contribution in [0.25, 0.3) is 0 Å². The third-order valence-corrected chi connectivity index (χ3v) is 4.55. The van der Waals surface area contributed by atoms with E-state index in [9.17, 15) is 0 Å². The zero-order valence-electron chi connectivity index (χ0n) is 12.6. The van der Waals surface area contributed by atoms with Gasteiger partial charge in [0.25, 0.3) is 0 Å². The van der Waals surface area contributed by atoms with Crippen LogP contribution < -0.4 is 10.1 Å². The molecule has 0 saturated carbocycles. The van der Waals surface area contributed by atoms with Crippen LogP contribution in [-0.2, 0) is 11.2 Å². The van der Waals surface area contributed by atoms with E-state index in [4.69, 9.17) is 9.47 Å². The first-order valence-electron chi connectivity index (χ1n) is 7.75. The quantitative estimate of drug-likeness (QED) is 0.896. The van der Waals surface area contributed by atoms with E-state index in [0.717, 1.165) is 51.3 Å². The van der Waals surface area contributed by atoms with Crippen molar-refractivity contribution in [3.05, 3.63) is 29.3 Å². The van der Waals surface area contributed by atoms with Crippen molar-refractivity contribution in [2.75, 3.05) is 26.3 Å². The molecule has 3 nitrogen and oxygen atoms in total. The molecule has 3 rings (SSSR count). The lowest BCUT2D eigenvalue weighted by Gasteiger charge is -2.30. The van der Waals surface area contributed by atoms with Crippen LogP contribution in [0.5, 0.6) is 5.75 Å². The molecule has 0 spiro atoms. The van der Waals surface area contributed by atoms with Crippen LogP contribution in [0.2, 0.25) is 0 Å². The molecule has 1 saturated heterocycles. The fourth-order valence-electron chi connectivity index (χ4n) is 3.46. The number of rotatable bonds is 5. The highest BCUT2D eigenvalue weighted by atomic mass is 16.5. The van der Waals surface area contributed by atoms with Crippen molar-refractivity contribution >= 4 is 0 Å². The SMILES string of the molecule is CCNCC1(CC2Cc3cc(C)ccc3O2)CCOC1. The zero-order chi connectivity index (χ0) is 14.0. The molecular weight excluding hydrogens is 250 g/mol. The average molecular weight is 275 g/mol. The van der Waals surface area contributed by atoms with Crippen LogP contribution in [-0.4, -0.2) is 32.4 Å². The van der Waals surface area contributed by atoms with Crippen LogP contribution in [0.4, 0.5) is 0 Å². The van der Waals surface area contributed by atoms with Gasteiger partial charge in [-0.05, 0) is 37.9 Å². The first-order chi connectivity index (χ1) is 9.71. The molecule has 1 aromatic rings. The summed E-state index contributed by atoms with van der Waals surface area (Å²) in [6, 6.07) is 6.51. The summed E-state index contributed by atoms with van der Waals surface area (Å²) < 4.78 is 11.8. The van der Waals surface area contributed by atoms with Gasteiger partial charge in [0.05, 0.1) is 6.61 Å². The fourth-order valence-corrected chi connectivity index (χ4v) is 3.46. The summed E-state index contributed by atoms with van der Waals surface area (Å²) in [5, 5.41) is 3.50. The normalized spacial score (nSPS) is 28.4. The molecule has 0 bridgehead atoms. The highest BCUT2D eigenvalue weighted by Crippen LogP contribution is 2.38. The van der Waals surface area contributed by atoms with E-state index in [1.165, 1.54) is 11.1 Å². The van der Waals surface area contributed by atoms with Crippen LogP contribution in [0, 0.1) is 12.3 Å². The topological polar surface area (TPSA) is 30.5 Å². The number of hydrogen-bond donors (Lipinski definition) is 1. The van der Waals surface area contributed by atoms with Crippen molar-refractivity contribution in [2.24, 2.45) is 5.41 Å². The Kier molecular flexibility index (Phi) is 3.99. The molecular formula is C17H25NO2. The van der Waals surface area contributed by atoms with Gasteiger partial charge in [-0.15, -0.1) is 0 Å². The summed E-state index contributed by atoms with van der Waals surface area (Å²) in [6.07, 6.45) is 3.60. The summed E-state index contributed by atoms with van der Waals surface area (Å²) >= 11 is 0. The maximum atomic E-state index is 6.15. The second kappa shape index (κ2) is 5.74. The molecule has 0 aliphatic carbocycles. The second-order valence-electron chi connectivity index (χ2n) is 6.34. The molecule has 2 heterocycles. The first kappa shape index (κ1) is 13.9. The summed E-state index contributed by atoms with van der Waals surface area (Å²) in [5.41, 5.74) is 2.95. The van der Waals surface area contributed by atoms with Gasteiger partial charge in [0.15, 0.2) is 0 Å². The Morgan fingerprint density at radius 1 is 1.40 bits per heavy atom. The minimum atomic E-state index is 0.262. The van der Waals surface area contributed by atoms with Crippen LogP contribution in [0.1, 0.15) is 30.9 Å². The van der Waals surface area contributed by atoms with Crippen LogP contribution in [0.15, 0.2) is 18.2 Å². The molecule has 1 fully saturated rings. The van der Waals surface area contributed by atoms with Crippen LogP contribution in [0.3, 0.4) is 0 Å². The van der Waals surface area contributed by atoms with Gasteiger partial charge in [0, 0.05) is 25.0 Å². The van der Waals surface area contributed by atoms with Crippen molar-refractivity contribution in [3.8, 4) is 5.75 Å². The third kappa shape index (κ3) is 2.84. The van der Waals surface area contributed by atoms with E-state index in [2.05, 4.69) is 37.4 Å². The molecule has 0 radical (unpaired) electrons. The molecule has 1 N–H and O–H groups in total. The third-order valence-electron chi connectivity index (χ3n) is 4.55.